The van der Waals surface area contributed by atoms with Gasteiger partial charge in [0.2, 0.25) is 0 Å². The number of aromatic nitrogens is 1. The first kappa shape index (κ1) is 18.1. The summed E-state index contributed by atoms with van der Waals surface area (Å²) < 4.78 is 0. The van der Waals surface area contributed by atoms with Crippen LogP contribution in [0.5, 0.6) is 0 Å². The highest BCUT2D eigenvalue weighted by molar-refractivity contribution is 5.75. The molecule has 0 aromatic carbocycles. The monoisotopic (exact) mass is 369 g/mol. The van der Waals surface area contributed by atoms with Gasteiger partial charge in [-0.2, -0.15) is 5.26 Å². The molecular formula is C20H27N5O2. The fraction of sp³-hybridized carbons (Fsp3) is 0.650. The number of piperidine rings is 2. The molecule has 1 aromatic rings. The molecule has 7 nitrogen and oxygen atoms in total. The van der Waals surface area contributed by atoms with E-state index in [-0.39, 0.29) is 11.9 Å². The van der Waals surface area contributed by atoms with Gasteiger partial charge < -0.3 is 19.8 Å². The SMILES string of the molecule is Cc1ccc(C#N)c(N2CC[C@@]3(O)CCN(C(=O)N4CCCC4)C[C@H]3C2)n1. The van der Waals surface area contributed by atoms with E-state index in [1.807, 2.05) is 28.9 Å². The molecule has 0 spiro atoms. The second kappa shape index (κ2) is 7.01. The maximum atomic E-state index is 12.8. The zero-order valence-electron chi connectivity index (χ0n) is 15.9. The molecule has 3 aliphatic heterocycles. The lowest BCUT2D eigenvalue weighted by Crippen LogP contribution is -2.62. The van der Waals surface area contributed by atoms with E-state index in [9.17, 15) is 15.2 Å². The zero-order valence-corrected chi connectivity index (χ0v) is 15.9. The molecule has 4 rings (SSSR count). The van der Waals surface area contributed by atoms with Crippen LogP contribution in [-0.4, -0.2) is 70.8 Å². The van der Waals surface area contributed by atoms with Crippen LogP contribution in [0.4, 0.5) is 10.6 Å². The number of amides is 2. The number of hydrogen-bond acceptors (Lipinski definition) is 5. The molecule has 2 amide bonds. The summed E-state index contributed by atoms with van der Waals surface area (Å²) >= 11 is 0. The first-order valence-corrected chi connectivity index (χ1v) is 9.89. The van der Waals surface area contributed by atoms with Gasteiger partial charge in [-0.3, -0.25) is 0 Å². The van der Waals surface area contributed by atoms with Crippen LogP contribution >= 0.6 is 0 Å². The molecule has 3 fully saturated rings. The van der Waals surface area contributed by atoms with Crippen LogP contribution in [0.3, 0.4) is 0 Å². The Bertz CT molecular complexity index is 770. The van der Waals surface area contributed by atoms with Crippen LogP contribution < -0.4 is 4.90 Å². The molecule has 7 heteroatoms. The average molecular weight is 369 g/mol. The fourth-order valence-corrected chi connectivity index (χ4v) is 4.65. The molecule has 3 aliphatic rings. The molecule has 144 valence electrons. The van der Waals surface area contributed by atoms with Crippen molar-refractivity contribution in [3.05, 3.63) is 23.4 Å². The highest BCUT2D eigenvalue weighted by Gasteiger charge is 2.47. The minimum absolute atomic E-state index is 0.0274. The molecule has 27 heavy (non-hydrogen) atoms. The van der Waals surface area contributed by atoms with Crippen molar-refractivity contribution < 1.29 is 9.90 Å². The van der Waals surface area contributed by atoms with Crippen molar-refractivity contribution in [2.45, 2.75) is 38.2 Å². The number of fused-ring (bicyclic) bond motifs is 1. The van der Waals surface area contributed by atoms with Crippen molar-refractivity contribution in [3.8, 4) is 6.07 Å². The number of hydrogen-bond donors (Lipinski definition) is 1. The number of carbonyl (C=O) groups excluding carboxylic acids is 1. The number of anilines is 1. The molecule has 1 aromatic heterocycles. The number of aryl methyl sites for hydroxylation is 1. The van der Waals surface area contributed by atoms with Crippen LogP contribution in [-0.2, 0) is 0 Å². The molecular weight excluding hydrogens is 342 g/mol. The third-order valence-electron chi connectivity index (χ3n) is 6.35. The van der Waals surface area contributed by atoms with E-state index in [0.29, 0.717) is 50.4 Å². The van der Waals surface area contributed by atoms with E-state index < -0.39 is 5.60 Å². The Kier molecular flexibility index (Phi) is 4.68. The number of likely N-dealkylation sites (tertiary alicyclic amines) is 2. The van der Waals surface area contributed by atoms with Gasteiger partial charge in [0.25, 0.3) is 0 Å². The maximum Gasteiger partial charge on any atom is 0.320 e. The van der Waals surface area contributed by atoms with Crippen LogP contribution in [0.25, 0.3) is 0 Å². The minimum Gasteiger partial charge on any atom is -0.389 e. The standard InChI is InChI=1S/C20H27N5O2/c1-15-4-5-16(12-21)18(22-15)24-10-6-20(27)7-11-25(14-17(20)13-24)19(26)23-8-2-3-9-23/h4-5,17,27H,2-3,6-11,13-14H2,1H3/t17-,20-/m1/s1. The Morgan fingerprint density at radius 3 is 2.67 bits per heavy atom. The first-order valence-electron chi connectivity index (χ1n) is 9.89. The van der Waals surface area contributed by atoms with Gasteiger partial charge in [0, 0.05) is 50.9 Å². The van der Waals surface area contributed by atoms with Gasteiger partial charge in [0.15, 0.2) is 0 Å². The second-order valence-corrected chi connectivity index (χ2v) is 8.10. The highest BCUT2D eigenvalue weighted by atomic mass is 16.3. The van der Waals surface area contributed by atoms with E-state index in [4.69, 9.17) is 0 Å². The predicted molar refractivity (Wildman–Crippen MR) is 101 cm³/mol. The summed E-state index contributed by atoms with van der Waals surface area (Å²) in [6.07, 6.45) is 3.43. The van der Waals surface area contributed by atoms with Gasteiger partial charge in [0.1, 0.15) is 11.9 Å². The summed E-state index contributed by atoms with van der Waals surface area (Å²) in [6, 6.07) is 5.99. The summed E-state index contributed by atoms with van der Waals surface area (Å²) in [5.74, 6) is 0.669. The lowest BCUT2D eigenvalue weighted by molar-refractivity contribution is -0.0764. The highest BCUT2D eigenvalue weighted by Crippen LogP contribution is 2.37. The number of rotatable bonds is 1. The summed E-state index contributed by atoms with van der Waals surface area (Å²) in [4.78, 5) is 23.3. The number of aliphatic hydroxyl groups is 1. The molecule has 4 heterocycles. The Morgan fingerprint density at radius 1 is 1.19 bits per heavy atom. The lowest BCUT2D eigenvalue weighted by atomic mass is 9.75. The van der Waals surface area contributed by atoms with Crippen molar-refractivity contribution >= 4 is 11.8 Å². The van der Waals surface area contributed by atoms with Gasteiger partial charge >= 0.3 is 6.03 Å². The summed E-state index contributed by atoms with van der Waals surface area (Å²) in [5, 5.41) is 20.6. The smallest absolute Gasteiger partial charge is 0.320 e. The number of urea groups is 1. The maximum absolute atomic E-state index is 12.8. The van der Waals surface area contributed by atoms with Crippen LogP contribution in [0, 0.1) is 24.2 Å². The van der Waals surface area contributed by atoms with Crippen molar-refractivity contribution in [3.63, 3.8) is 0 Å². The Hall–Kier alpha value is -2.33. The van der Waals surface area contributed by atoms with Crippen LogP contribution in [0.2, 0.25) is 0 Å². The van der Waals surface area contributed by atoms with E-state index in [1.54, 1.807) is 0 Å². The van der Waals surface area contributed by atoms with Gasteiger partial charge in [-0.05, 0) is 44.7 Å². The molecule has 0 bridgehead atoms. The quantitative estimate of drug-likeness (QED) is 0.815. The number of nitriles is 1. The Morgan fingerprint density at radius 2 is 1.93 bits per heavy atom. The van der Waals surface area contributed by atoms with Crippen molar-refractivity contribution in [1.82, 2.24) is 14.8 Å². The number of nitrogens with zero attached hydrogens (tertiary/aromatic N) is 5. The summed E-state index contributed by atoms with van der Waals surface area (Å²) in [6.45, 7) is 6.08. The molecule has 1 N–H and O–H groups in total. The molecule has 0 saturated carbocycles. The first-order chi connectivity index (χ1) is 13.0. The molecule has 0 unspecified atom stereocenters. The van der Waals surface area contributed by atoms with Crippen molar-refractivity contribution in [2.75, 3.05) is 44.2 Å². The molecule has 0 aliphatic carbocycles. The number of pyridine rings is 1. The van der Waals surface area contributed by atoms with E-state index in [1.165, 1.54) is 0 Å². The van der Waals surface area contributed by atoms with Gasteiger partial charge in [0.05, 0.1) is 11.2 Å². The molecule has 2 atom stereocenters. The normalized spacial score (nSPS) is 28.0. The Balaban J connectivity index is 1.51. The van der Waals surface area contributed by atoms with Crippen molar-refractivity contribution in [1.29, 1.82) is 5.26 Å². The second-order valence-electron chi connectivity index (χ2n) is 8.10. The third kappa shape index (κ3) is 3.34. The van der Waals surface area contributed by atoms with E-state index >= 15 is 0 Å². The van der Waals surface area contributed by atoms with Gasteiger partial charge in [-0.25, -0.2) is 9.78 Å². The lowest BCUT2D eigenvalue weighted by Gasteiger charge is -2.50. The van der Waals surface area contributed by atoms with E-state index in [0.717, 1.165) is 31.6 Å². The van der Waals surface area contributed by atoms with Crippen molar-refractivity contribution in [2.24, 2.45) is 5.92 Å². The van der Waals surface area contributed by atoms with Crippen LogP contribution in [0.15, 0.2) is 12.1 Å². The summed E-state index contributed by atoms with van der Waals surface area (Å²) in [5.41, 5.74) is 0.709. The minimum atomic E-state index is -0.727. The third-order valence-corrected chi connectivity index (χ3v) is 6.35. The molecule has 0 radical (unpaired) electrons. The molecule has 3 saturated heterocycles. The van der Waals surface area contributed by atoms with Crippen LogP contribution in [0.1, 0.15) is 36.9 Å². The largest absolute Gasteiger partial charge is 0.389 e. The zero-order chi connectivity index (χ0) is 19.0. The van der Waals surface area contributed by atoms with E-state index in [2.05, 4.69) is 16.0 Å². The van der Waals surface area contributed by atoms with Gasteiger partial charge in [-0.15, -0.1) is 0 Å². The topological polar surface area (TPSA) is 83.7 Å². The average Bonchev–Trinajstić information content (AvgIpc) is 3.21. The Labute approximate surface area is 160 Å². The summed E-state index contributed by atoms with van der Waals surface area (Å²) in [7, 11) is 0. The number of carbonyl (C=O) groups is 1. The predicted octanol–water partition coefficient (Wildman–Crippen LogP) is 1.74. The van der Waals surface area contributed by atoms with Gasteiger partial charge in [-0.1, -0.05) is 0 Å². The fourth-order valence-electron chi connectivity index (χ4n) is 4.65.